The van der Waals surface area contributed by atoms with Crippen LogP contribution in [-0.2, 0) is 4.79 Å². The van der Waals surface area contributed by atoms with E-state index in [0.29, 0.717) is 24.5 Å². The molecule has 1 saturated carbocycles. The van der Waals surface area contributed by atoms with E-state index in [0.717, 1.165) is 13.1 Å². The molecular formula is C15H29N3O. The van der Waals surface area contributed by atoms with Gasteiger partial charge in [0.25, 0.3) is 0 Å². The van der Waals surface area contributed by atoms with Gasteiger partial charge in [0, 0.05) is 24.7 Å². The van der Waals surface area contributed by atoms with Crippen molar-refractivity contribution in [2.24, 2.45) is 5.92 Å². The molecule has 4 nitrogen and oxygen atoms in total. The first-order valence-corrected chi connectivity index (χ1v) is 7.83. The number of hydrogen-bond acceptors (Lipinski definition) is 3. The van der Waals surface area contributed by atoms with Crippen molar-refractivity contribution in [3.63, 3.8) is 0 Å². The van der Waals surface area contributed by atoms with Gasteiger partial charge in [-0.2, -0.15) is 0 Å². The van der Waals surface area contributed by atoms with Gasteiger partial charge in [-0.15, -0.1) is 0 Å². The lowest BCUT2D eigenvalue weighted by Gasteiger charge is -2.26. The highest BCUT2D eigenvalue weighted by Gasteiger charge is 2.32. The van der Waals surface area contributed by atoms with E-state index < -0.39 is 0 Å². The molecule has 1 aliphatic carbocycles. The number of hydrogen-bond donors (Lipinski definition) is 2. The van der Waals surface area contributed by atoms with Crippen LogP contribution in [0.15, 0.2) is 0 Å². The Bertz CT molecular complexity index is 296. The summed E-state index contributed by atoms with van der Waals surface area (Å²) < 4.78 is 0. The van der Waals surface area contributed by atoms with Gasteiger partial charge < -0.3 is 10.6 Å². The molecule has 0 bridgehead atoms. The summed E-state index contributed by atoms with van der Waals surface area (Å²) in [6.45, 7) is 9.12. The summed E-state index contributed by atoms with van der Waals surface area (Å²) in [5.74, 6) is 0.681. The Morgan fingerprint density at radius 1 is 1.32 bits per heavy atom. The Morgan fingerprint density at radius 3 is 2.58 bits per heavy atom. The molecule has 1 aliphatic heterocycles. The van der Waals surface area contributed by atoms with Crippen LogP contribution in [0, 0.1) is 5.92 Å². The fraction of sp³-hybridized carbons (Fsp3) is 0.933. The molecule has 2 unspecified atom stereocenters. The first kappa shape index (κ1) is 14.8. The number of carbonyl (C=O) groups excluding carboxylic acids is 1. The lowest BCUT2D eigenvalue weighted by atomic mass is 10.1. The van der Waals surface area contributed by atoms with E-state index >= 15 is 0 Å². The van der Waals surface area contributed by atoms with Crippen LogP contribution in [-0.4, -0.2) is 48.6 Å². The summed E-state index contributed by atoms with van der Waals surface area (Å²) in [5, 5.41) is 6.64. The maximum Gasteiger partial charge on any atom is 0.234 e. The number of amides is 1. The zero-order valence-corrected chi connectivity index (χ0v) is 12.6. The van der Waals surface area contributed by atoms with Crippen molar-refractivity contribution in [1.82, 2.24) is 15.5 Å². The highest BCUT2D eigenvalue weighted by atomic mass is 16.2. The molecule has 4 heteroatoms. The van der Waals surface area contributed by atoms with E-state index in [9.17, 15) is 4.79 Å². The van der Waals surface area contributed by atoms with Crippen molar-refractivity contribution in [3.05, 3.63) is 0 Å². The van der Waals surface area contributed by atoms with Crippen LogP contribution < -0.4 is 10.6 Å². The summed E-state index contributed by atoms with van der Waals surface area (Å²) in [4.78, 5) is 14.5. The molecule has 2 N–H and O–H groups in total. The Morgan fingerprint density at radius 2 is 2.05 bits per heavy atom. The summed E-state index contributed by atoms with van der Waals surface area (Å²) in [6.07, 6.45) is 5.06. The molecule has 0 aromatic heterocycles. The van der Waals surface area contributed by atoms with Crippen LogP contribution in [0.2, 0.25) is 0 Å². The lowest BCUT2D eigenvalue weighted by molar-refractivity contribution is -0.123. The number of nitrogens with one attached hydrogen (secondary N) is 2. The van der Waals surface area contributed by atoms with Crippen molar-refractivity contribution in [3.8, 4) is 0 Å². The summed E-state index contributed by atoms with van der Waals surface area (Å²) >= 11 is 0. The molecule has 110 valence electrons. The quantitative estimate of drug-likeness (QED) is 0.732. The number of nitrogens with zero attached hydrogens (tertiary/aromatic N) is 1. The van der Waals surface area contributed by atoms with E-state index in [2.05, 4.69) is 36.3 Å². The van der Waals surface area contributed by atoms with Gasteiger partial charge in [-0.05, 0) is 45.1 Å². The van der Waals surface area contributed by atoms with Crippen molar-refractivity contribution >= 4 is 5.91 Å². The molecule has 2 rings (SSSR count). The average molecular weight is 267 g/mol. The van der Waals surface area contributed by atoms with Crippen LogP contribution in [0.4, 0.5) is 0 Å². The molecule has 1 heterocycles. The predicted octanol–water partition coefficient (Wildman–Crippen LogP) is 1.36. The number of rotatable bonds is 7. The summed E-state index contributed by atoms with van der Waals surface area (Å²) in [5.41, 5.74) is 0. The minimum absolute atomic E-state index is 0.186. The van der Waals surface area contributed by atoms with Crippen molar-refractivity contribution in [1.29, 1.82) is 0 Å². The topological polar surface area (TPSA) is 44.4 Å². The van der Waals surface area contributed by atoms with E-state index in [1.165, 1.54) is 25.7 Å². The third-order valence-electron chi connectivity index (χ3n) is 4.42. The third-order valence-corrected chi connectivity index (χ3v) is 4.42. The first-order valence-electron chi connectivity index (χ1n) is 7.83. The van der Waals surface area contributed by atoms with Gasteiger partial charge in [0.2, 0.25) is 5.91 Å². The highest BCUT2D eigenvalue weighted by molar-refractivity contribution is 5.78. The Balaban J connectivity index is 1.77. The Hall–Kier alpha value is -0.610. The molecular weight excluding hydrogens is 238 g/mol. The van der Waals surface area contributed by atoms with Gasteiger partial charge in [-0.3, -0.25) is 9.69 Å². The maximum absolute atomic E-state index is 12.1. The van der Waals surface area contributed by atoms with Crippen LogP contribution in [0.1, 0.15) is 46.5 Å². The normalized spacial score (nSPS) is 25.0. The van der Waals surface area contributed by atoms with Gasteiger partial charge in [0.1, 0.15) is 0 Å². The monoisotopic (exact) mass is 267 g/mol. The second-order valence-corrected chi connectivity index (χ2v) is 6.55. The molecule has 0 radical (unpaired) electrons. The smallest absolute Gasteiger partial charge is 0.234 e. The zero-order valence-electron chi connectivity index (χ0n) is 12.6. The van der Waals surface area contributed by atoms with Crippen LogP contribution in [0.25, 0.3) is 0 Å². The molecule has 2 fully saturated rings. The molecule has 0 aromatic carbocycles. The Labute approximate surface area is 117 Å². The second kappa shape index (κ2) is 6.71. The fourth-order valence-corrected chi connectivity index (χ4v) is 2.63. The van der Waals surface area contributed by atoms with Crippen LogP contribution in [0.3, 0.4) is 0 Å². The van der Waals surface area contributed by atoms with Crippen LogP contribution in [0.5, 0.6) is 0 Å². The molecule has 2 atom stereocenters. The van der Waals surface area contributed by atoms with E-state index in [-0.39, 0.29) is 11.9 Å². The van der Waals surface area contributed by atoms with E-state index in [4.69, 9.17) is 0 Å². The standard InChI is InChI=1S/C15H29N3O/c1-11(2)12(3)17-15(19)10-18(14-6-7-14)9-13-5-4-8-16-13/h11-14,16H,4-10H2,1-3H3,(H,17,19). The minimum atomic E-state index is 0.186. The van der Waals surface area contributed by atoms with Gasteiger partial charge in [0.15, 0.2) is 0 Å². The predicted molar refractivity (Wildman–Crippen MR) is 78.1 cm³/mol. The van der Waals surface area contributed by atoms with Gasteiger partial charge in [-0.1, -0.05) is 13.8 Å². The van der Waals surface area contributed by atoms with Crippen LogP contribution >= 0.6 is 0 Å². The molecule has 0 spiro atoms. The molecule has 0 aromatic rings. The van der Waals surface area contributed by atoms with Gasteiger partial charge in [0.05, 0.1) is 6.54 Å². The SMILES string of the molecule is CC(C)C(C)NC(=O)CN(CC1CCCN1)C1CC1. The minimum Gasteiger partial charge on any atom is -0.352 e. The van der Waals surface area contributed by atoms with E-state index in [1.54, 1.807) is 0 Å². The van der Waals surface area contributed by atoms with Crippen molar-refractivity contribution in [2.45, 2.75) is 64.6 Å². The van der Waals surface area contributed by atoms with Gasteiger partial charge >= 0.3 is 0 Å². The van der Waals surface area contributed by atoms with Gasteiger partial charge in [-0.25, -0.2) is 0 Å². The largest absolute Gasteiger partial charge is 0.352 e. The molecule has 19 heavy (non-hydrogen) atoms. The lowest BCUT2D eigenvalue weighted by Crippen LogP contribution is -2.46. The number of carbonyl (C=O) groups is 1. The van der Waals surface area contributed by atoms with Crippen molar-refractivity contribution < 1.29 is 4.79 Å². The Kier molecular flexibility index (Phi) is 5.22. The highest BCUT2D eigenvalue weighted by Crippen LogP contribution is 2.27. The van der Waals surface area contributed by atoms with E-state index in [1.807, 2.05) is 0 Å². The second-order valence-electron chi connectivity index (χ2n) is 6.55. The average Bonchev–Trinajstić information content (AvgIpc) is 3.07. The summed E-state index contributed by atoms with van der Waals surface area (Å²) in [6, 6.07) is 1.51. The molecule has 1 amide bonds. The molecule has 1 saturated heterocycles. The zero-order chi connectivity index (χ0) is 13.8. The third kappa shape index (κ3) is 4.77. The van der Waals surface area contributed by atoms with Crippen molar-refractivity contribution in [2.75, 3.05) is 19.6 Å². The fourth-order valence-electron chi connectivity index (χ4n) is 2.63. The first-order chi connectivity index (χ1) is 9.06. The molecule has 2 aliphatic rings. The summed E-state index contributed by atoms with van der Waals surface area (Å²) in [7, 11) is 0. The maximum atomic E-state index is 12.1.